The van der Waals surface area contributed by atoms with Gasteiger partial charge in [0, 0.05) is 6.04 Å². The average Bonchev–Trinajstić information content (AvgIpc) is 3.06. The van der Waals surface area contributed by atoms with E-state index in [1.54, 1.807) is 6.07 Å². The number of nitrogens with one attached hydrogen (secondary N) is 3. The minimum atomic E-state index is -4.78. The van der Waals surface area contributed by atoms with E-state index >= 15 is 0 Å². The lowest BCUT2D eigenvalue weighted by molar-refractivity contribution is 0.0925. The molecule has 1 aliphatic rings. The molecule has 1 aromatic heterocycles. The topological polar surface area (TPSA) is 142 Å². The summed E-state index contributed by atoms with van der Waals surface area (Å²) in [6, 6.07) is 4.32. The zero-order chi connectivity index (χ0) is 21.2. The number of carbonyl (C=O) groups is 2. The monoisotopic (exact) mass is 461 g/mol. The number of hydrogen-bond acceptors (Lipinski definition) is 6. The summed E-state index contributed by atoms with van der Waals surface area (Å²) in [5.74, 6) is -1.47. The molecule has 29 heavy (non-hydrogen) atoms. The third-order valence-corrected chi connectivity index (χ3v) is 5.55. The molecule has 2 heterocycles. The second kappa shape index (κ2) is 8.67. The number of carbonyl (C=O) groups excluding carboxylic acids is 2. The summed E-state index contributed by atoms with van der Waals surface area (Å²) in [5.41, 5.74) is -0.659. The molecular weight excluding hydrogens is 445 g/mol. The Kier molecular flexibility index (Phi) is 6.44. The normalized spacial score (nSPS) is 15.1. The van der Waals surface area contributed by atoms with Gasteiger partial charge in [0.25, 0.3) is 11.8 Å². The van der Waals surface area contributed by atoms with Crippen molar-refractivity contribution < 1.29 is 22.6 Å². The van der Waals surface area contributed by atoms with Crippen LogP contribution < -0.4 is 16.0 Å². The number of anilines is 1. The van der Waals surface area contributed by atoms with Gasteiger partial charge in [-0.2, -0.15) is 8.42 Å². The van der Waals surface area contributed by atoms with E-state index in [1.165, 1.54) is 12.1 Å². The Balaban J connectivity index is 1.91. The lowest BCUT2D eigenvalue weighted by Crippen LogP contribution is -2.43. The number of benzene rings is 1. The fraction of sp³-hybridized carbons (Fsp3) is 0.312. The number of halogens is 2. The van der Waals surface area contributed by atoms with Crippen molar-refractivity contribution in [1.82, 2.24) is 19.8 Å². The molecule has 10 nitrogen and oxygen atoms in total. The van der Waals surface area contributed by atoms with E-state index in [1.807, 2.05) is 0 Å². The molecule has 1 saturated heterocycles. The van der Waals surface area contributed by atoms with Crippen molar-refractivity contribution in [3.63, 3.8) is 0 Å². The Labute approximate surface area is 176 Å². The molecule has 1 aliphatic heterocycles. The quantitative estimate of drug-likeness (QED) is 0.494. The summed E-state index contributed by atoms with van der Waals surface area (Å²) in [5, 5.41) is 12.0. The smallest absolute Gasteiger partial charge is 0.348 e. The Bertz CT molecular complexity index is 1030. The lowest BCUT2D eigenvalue weighted by atomic mass is 10.1. The number of nitrogens with zero attached hydrogens (tertiary/aromatic N) is 2. The van der Waals surface area contributed by atoms with Gasteiger partial charge in [0.05, 0.1) is 27.5 Å². The van der Waals surface area contributed by atoms with E-state index in [0.717, 1.165) is 19.3 Å². The van der Waals surface area contributed by atoms with Gasteiger partial charge in [0.15, 0.2) is 5.69 Å². The maximum atomic E-state index is 12.6. The maximum Gasteiger partial charge on any atom is 0.379 e. The summed E-state index contributed by atoms with van der Waals surface area (Å²) in [6.45, 7) is 1.44. The molecule has 1 aromatic carbocycles. The molecule has 0 radical (unpaired) electrons. The van der Waals surface area contributed by atoms with Crippen LogP contribution >= 0.6 is 23.2 Å². The lowest BCUT2D eigenvalue weighted by Gasteiger charge is -2.23. The van der Waals surface area contributed by atoms with Crippen molar-refractivity contribution in [3.05, 3.63) is 45.7 Å². The summed E-state index contributed by atoms with van der Waals surface area (Å²) in [6.07, 6.45) is 2.18. The van der Waals surface area contributed by atoms with Gasteiger partial charge in [0.1, 0.15) is 0 Å². The molecule has 3 rings (SSSR count). The summed E-state index contributed by atoms with van der Waals surface area (Å²) < 4.78 is 32.3. The van der Waals surface area contributed by atoms with E-state index in [0.29, 0.717) is 12.8 Å². The van der Waals surface area contributed by atoms with Crippen LogP contribution in [-0.4, -0.2) is 53.1 Å². The molecule has 0 saturated carbocycles. The molecule has 0 atom stereocenters. The van der Waals surface area contributed by atoms with Gasteiger partial charge in [-0.15, -0.1) is 9.19 Å². The fourth-order valence-corrected chi connectivity index (χ4v) is 3.84. The SMILES string of the molecule is O=C(NC1CCNCC1)c1nn(S(=O)(=O)O)cc1NC(=O)c1c(Cl)cccc1Cl. The van der Waals surface area contributed by atoms with E-state index < -0.39 is 22.1 Å². The standard InChI is InChI=1S/C16H17Cl2N5O5S/c17-10-2-1-3-11(18)13(10)15(24)21-12-8-23(29(26,27)28)22-14(12)16(25)20-9-4-6-19-7-5-9/h1-3,8-9,19H,4-7H2,(H,20,25)(H,21,24)(H,26,27,28). The van der Waals surface area contributed by atoms with E-state index in [9.17, 15) is 22.6 Å². The first-order valence-corrected chi connectivity index (χ1v) is 10.7. The number of hydrogen-bond donors (Lipinski definition) is 4. The molecule has 0 aliphatic carbocycles. The molecule has 156 valence electrons. The van der Waals surface area contributed by atoms with Crippen LogP contribution in [0.15, 0.2) is 24.4 Å². The predicted molar refractivity (Wildman–Crippen MR) is 107 cm³/mol. The minimum Gasteiger partial charge on any atom is -0.348 e. The molecule has 2 aromatic rings. The molecule has 0 unspecified atom stereocenters. The highest BCUT2D eigenvalue weighted by atomic mass is 35.5. The van der Waals surface area contributed by atoms with Crippen LogP contribution in [0, 0.1) is 0 Å². The number of aromatic nitrogens is 2. The molecule has 2 amide bonds. The highest BCUT2D eigenvalue weighted by Gasteiger charge is 2.26. The van der Waals surface area contributed by atoms with Crippen LogP contribution in [0.5, 0.6) is 0 Å². The first-order chi connectivity index (χ1) is 13.7. The third kappa shape index (κ3) is 5.06. The molecular formula is C16H17Cl2N5O5S. The Morgan fingerprint density at radius 3 is 2.38 bits per heavy atom. The highest BCUT2D eigenvalue weighted by Crippen LogP contribution is 2.26. The molecule has 0 spiro atoms. The predicted octanol–water partition coefficient (Wildman–Crippen LogP) is 1.57. The van der Waals surface area contributed by atoms with Gasteiger partial charge in [-0.25, -0.2) is 0 Å². The molecule has 1 fully saturated rings. The summed E-state index contributed by atoms with van der Waals surface area (Å²) in [7, 11) is -4.78. The summed E-state index contributed by atoms with van der Waals surface area (Å²) in [4.78, 5) is 25.2. The first-order valence-electron chi connectivity index (χ1n) is 8.51. The highest BCUT2D eigenvalue weighted by molar-refractivity contribution is 7.84. The molecule has 0 bridgehead atoms. The van der Waals surface area contributed by atoms with Gasteiger partial charge < -0.3 is 16.0 Å². The van der Waals surface area contributed by atoms with Crippen molar-refractivity contribution in [2.75, 3.05) is 18.4 Å². The first kappa shape index (κ1) is 21.5. The second-order valence-electron chi connectivity index (χ2n) is 6.29. The average molecular weight is 462 g/mol. The number of rotatable bonds is 5. The van der Waals surface area contributed by atoms with Gasteiger partial charge in [-0.05, 0) is 38.1 Å². The van der Waals surface area contributed by atoms with Crippen molar-refractivity contribution in [2.24, 2.45) is 0 Å². The van der Waals surface area contributed by atoms with Gasteiger partial charge in [0.2, 0.25) is 0 Å². The van der Waals surface area contributed by atoms with Crippen LogP contribution in [0.25, 0.3) is 0 Å². The van der Waals surface area contributed by atoms with Crippen molar-refractivity contribution in [2.45, 2.75) is 18.9 Å². The van der Waals surface area contributed by atoms with Crippen molar-refractivity contribution >= 4 is 51.0 Å². The number of piperidine rings is 1. The van der Waals surface area contributed by atoms with Crippen molar-refractivity contribution in [3.8, 4) is 0 Å². The van der Waals surface area contributed by atoms with Crippen LogP contribution in [0.3, 0.4) is 0 Å². The summed E-state index contributed by atoms with van der Waals surface area (Å²) >= 11 is 12.0. The Morgan fingerprint density at radius 2 is 1.79 bits per heavy atom. The van der Waals surface area contributed by atoms with Crippen LogP contribution in [0.4, 0.5) is 5.69 Å². The van der Waals surface area contributed by atoms with Crippen LogP contribution in [0.1, 0.15) is 33.7 Å². The Morgan fingerprint density at radius 1 is 1.17 bits per heavy atom. The van der Waals surface area contributed by atoms with E-state index in [-0.39, 0.29) is 37.1 Å². The van der Waals surface area contributed by atoms with Crippen molar-refractivity contribution in [1.29, 1.82) is 0 Å². The van der Waals surface area contributed by atoms with E-state index in [4.69, 9.17) is 23.2 Å². The zero-order valence-corrected chi connectivity index (χ0v) is 17.2. The zero-order valence-electron chi connectivity index (χ0n) is 14.9. The Hall–Kier alpha value is -2.18. The van der Waals surface area contributed by atoms with E-state index in [2.05, 4.69) is 21.0 Å². The largest absolute Gasteiger partial charge is 0.379 e. The minimum absolute atomic E-state index is 0.0554. The fourth-order valence-electron chi connectivity index (χ4n) is 2.85. The molecule has 4 N–H and O–H groups in total. The molecule has 13 heteroatoms. The van der Waals surface area contributed by atoms with Crippen LogP contribution in [-0.2, 0) is 10.3 Å². The maximum absolute atomic E-state index is 12.6. The van der Waals surface area contributed by atoms with Gasteiger partial charge >= 0.3 is 10.3 Å². The third-order valence-electron chi connectivity index (χ3n) is 4.26. The van der Waals surface area contributed by atoms with Crippen LogP contribution in [0.2, 0.25) is 10.0 Å². The van der Waals surface area contributed by atoms with Gasteiger partial charge in [-0.1, -0.05) is 29.3 Å². The second-order valence-corrected chi connectivity index (χ2v) is 8.37. The number of amides is 2. The van der Waals surface area contributed by atoms with Gasteiger partial charge in [-0.3, -0.25) is 14.1 Å².